The van der Waals surface area contributed by atoms with Crippen LogP contribution >= 0.6 is 15.9 Å². The second kappa shape index (κ2) is 5.92. The fourth-order valence-corrected chi connectivity index (χ4v) is 3.18. The number of nitrogens with zero attached hydrogens (tertiary/aromatic N) is 1. The van der Waals surface area contributed by atoms with Crippen molar-refractivity contribution in [1.82, 2.24) is 4.90 Å². The number of hydrogen-bond acceptors (Lipinski definition) is 3. The first-order chi connectivity index (χ1) is 9.04. The second-order valence-electron chi connectivity index (χ2n) is 5.07. The van der Waals surface area contributed by atoms with Gasteiger partial charge in [-0.05, 0) is 43.5 Å². The Hall–Kier alpha value is -1.07. The van der Waals surface area contributed by atoms with Crippen LogP contribution in [0.3, 0.4) is 0 Å². The first-order valence-corrected chi connectivity index (χ1v) is 7.29. The summed E-state index contributed by atoms with van der Waals surface area (Å²) in [6, 6.07) is 5.07. The molecule has 1 aromatic carbocycles. The smallest absolute Gasteiger partial charge is 0.257 e. The van der Waals surface area contributed by atoms with E-state index in [1.165, 1.54) is 6.07 Å². The molecule has 0 aromatic heterocycles. The summed E-state index contributed by atoms with van der Waals surface area (Å²) in [4.78, 5) is 14.2. The Kier molecular flexibility index (Phi) is 4.47. The van der Waals surface area contributed by atoms with Crippen molar-refractivity contribution in [2.24, 2.45) is 11.7 Å². The number of carbonyl (C=O) groups is 1. The first-order valence-electron chi connectivity index (χ1n) is 6.50. The van der Waals surface area contributed by atoms with Crippen LogP contribution in [0.25, 0.3) is 0 Å². The zero-order chi connectivity index (χ0) is 14.0. The van der Waals surface area contributed by atoms with Gasteiger partial charge in [-0.15, -0.1) is 0 Å². The molecule has 1 aliphatic carbocycles. The molecule has 4 nitrogen and oxygen atoms in total. The monoisotopic (exact) mass is 326 g/mol. The highest BCUT2D eigenvalue weighted by atomic mass is 79.9. The molecule has 5 heteroatoms. The number of nitrogens with two attached hydrogens (primary N) is 1. The molecule has 0 spiro atoms. The Labute approximate surface area is 121 Å². The van der Waals surface area contributed by atoms with E-state index in [1.807, 2.05) is 0 Å². The van der Waals surface area contributed by atoms with Gasteiger partial charge in [0.25, 0.3) is 5.91 Å². The zero-order valence-electron chi connectivity index (χ0n) is 11.0. The highest BCUT2D eigenvalue weighted by Gasteiger charge is 2.32. The SMILES string of the molecule is CN(C(=O)c1cc(Br)ccc1O)C1CCCC1CN. The summed E-state index contributed by atoms with van der Waals surface area (Å²) >= 11 is 3.32. The van der Waals surface area contributed by atoms with Gasteiger partial charge in [-0.25, -0.2) is 0 Å². The van der Waals surface area contributed by atoms with E-state index in [1.54, 1.807) is 24.1 Å². The van der Waals surface area contributed by atoms with E-state index in [9.17, 15) is 9.90 Å². The standard InChI is InChI=1S/C14H19BrN2O2/c1-17(12-4-2-3-9(12)8-16)14(19)11-7-10(15)5-6-13(11)18/h5-7,9,12,18H,2-4,8,16H2,1H3. The van der Waals surface area contributed by atoms with Crippen LogP contribution in [0.15, 0.2) is 22.7 Å². The minimum absolute atomic E-state index is 0.0161. The third kappa shape index (κ3) is 2.92. The molecular formula is C14H19BrN2O2. The van der Waals surface area contributed by atoms with E-state index < -0.39 is 0 Å². The normalized spacial score (nSPS) is 22.5. The van der Waals surface area contributed by atoms with Crippen LogP contribution in [0.4, 0.5) is 0 Å². The summed E-state index contributed by atoms with van der Waals surface area (Å²) in [7, 11) is 1.79. The lowest BCUT2D eigenvalue weighted by atomic mass is 10.0. The van der Waals surface area contributed by atoms with Crippen LogP contribution in [0.2, 0.25) is 0 Å². The maximum Gasteiger partial charge on any atom is 0.257 e. The quantitative estimate of drug-likeness (QED) is 0.896. The molecule has 1 aromatic rings. The molecule has 2 rings (SSSR count). The molecule has 19 heavy (non-hydrogen) atoms. The number of halogens is 1. The second-order valence-corrected chi connectivity index (χ2v) is 5.99. The van der Waals surface area contributed by atoms with E-state index in [4.69, 9.17) is 5.73 Å². The van der Waals surface area contributed by atoms with Crippen LogP contribution in [-0.4, -0.2) is 35.5 Å². The molecule has 1 fully saturated rings. The molecule has 1 aliphatic rings. The third-order valence-electron chi connectivity index (χ3n) is 3.93. The first kappa shape index (κ1) is 14.3. The highest BCUT2D eigenvalue weighted by Crippen LogP contribution is 2.31. The fraction of sp³-hybridized carbons (Fsp3) is 0.500. The minimum Gasteiger partial charge on any atom is -0.507 e. The number of aromatic hydroxyl groups is 1. The van der Waals surface area contributed by atoms with E-state index in [-0.39, 0.29) is 17.7 Å². The molecule has 0 saturated heterocycles. The molecule has 0 bridgehead atoms. The van der Waals surface area contributed by atoms with Gasteiger partial charge in [0.05, 0.1) is 5.56 Å². The van der Waals surface area contributed by atoms with Crippen LogP contribution in [-0.2, 0) is 0 Å². The predicted molar refractivity (Wildman–Crippen MR) is 78.1 cm³/mol. The summed E-state index contributed by atoms with van der Waals surface area (Å²) in [5.74, 6) is 0.231. The van der Waals surface area contributed by atoms with Gasteiger partial charge in [0.15, 0.2) is 0 Å². The summed E-state index contributed by atoms with van der Waals surface area (Å²) in [6.45, 7) is 0.604. The number of carbonyl (C=O) groups excluding carboxylic acids is 1. The molecule has 3 N–H and O–H groups in total. The van der Waals surface area contributed by atoms with Crippen molar-refractivity contribution < 1.29 is 9.90 Å². The summed E-state index contributed by atoms with van der Waals surface area (Å²) in [5, 5.41) is 9.83. The van der Waals surface area contributed by atoms with Gasteiger partial charge in [-0.3, -0.25) is 4.79 Å². The molecule has 0 radical (unpaired) electrons. The van der Waals surface area contributed by atoms with Crippen molar-refractivity contribution in [1.29, 1.82) is 0 Å². The van der Waals surface area contributed by atoms with Crippen molar-refractivity contribution >= 4 is 21.8 Å². The molecule has 2 atom stereocenters. The van der Waals surface area contributed by atoms with Crippen molar-refractivity contribution in [3.8, 4) is 5.75 Å². The molecule has 0 aliphatic heterocycles. The van der Waals surface area contributed by atoms with Crippen molar-refractivity contribution in [2.45, 2.75) is 25.3 Å². The van der Waals surface area contributed by atoms with E-state index in [0.29, 0.717) is 18.0 Å². The number of phenolic OH excluding ortho intramolecular Hbond substituents is 1. The highest BCUT2D eigenvalue weighted by molar-refractivity contribution is 9.10. The summed E-state index contributed by atoms with van der Waals surface area (Å²) in [5.41, 5.74) is 6.09. The lowest BCUT2D eigenvalue weighted by Crippen LogP contribution is -2.41. The number of phenols is 1. The number of rotatable bonds is 3. The Balaban J connectivity index is 2.21. The number of amides is 1. The van der Waals surface area contributed by atoms with E-state index in [2.05, 4.69) is 15.9 Å². The summed E-state index contributed by atoms with van der Waals surface area (Å²) < 4.78 is 0.781. The van der Waals surface area contributed by atoms with Gasteiger partial charge >= 0.3 is 0 Å². The molecule has 1 saturated carbocycles. The third-order valence-corrected chi connectivity index (χ3v) is 4.42. The minimum atomic E-state index is -0.149. The van der Waals surface area contributed by atoms with Crippen LogP contribution in [0, 0.1) is 5.92 Å². The molecule has 2 unspecified atom stereocenters. The Morgan fingerprint density at radius 2 is 2.26 bits per heavy atom. The van der Waals surface area contributed by atoms with E-state index in [0.717, 1.165) is 23.7 Å². The lowest BCUT2D eigenvalue weighted by molar-refractivity contribution is 0.0697. The Morgan fingerprint density at radius 3 is 2.95 bits per heavy atom. The van der Waals surface area contributed by atoms with Gasteiger partial charge in [-0.1, -0.05) is 22.4 Å². The molecule has 104 valence electrons. The Bertz CT molecular complexity index is 479. The van der Waals surface area contributed by atoms with Crippen LogP contribution < -0.4 is 5.73 Å². The van der Waals surface area contributed by atoms with Crippen LogP contribution in [0.5, 0.6) is 5.75 Å². The molecule has 0 heterocycles. The average Bonchev–Trinajstić information content (AvgIpc) is 2.88. The predicted octanol–water partition coefficient (Wildman–Crippen LogP) is 2.35. The molecular weight excluding hydrogens is 308 g/mol. The van der Waals surface area contributed by atoms with E-state index >= 15 is 0 Å². The van der Waals surface area contributed by atoms with Gasteiger partial charge < -0.3 is 15.7 Å². The number of benzene rings is 1. The maximum absolute atomic E-state index is 12.5. The number of hydrogen-bond donors (Lipinski definition) is 2. The van der Waals surface area contributed by atoms with Gasteiger partial charge in [0.2, 0.25) is 0 Å². The van der Waals surface area contributed by atoms with Crippen molar-refractivity contribution in [2.75, 3.05) is 13.6 Å². The lowest BCUT2D eigenvalue weighted by Gasteiger charge is -2.29. The van der Waals surface area contributed by atoms with Gasteiger partial charge in [0.1, 0.15) is 5.75 Å². The van der Waals surface area contributed by atoms with Crippen molar-refractivity contribution in [3.63, 3.8) is 0 Å². The van der Waals surface area contributed by atoms with Crippen LogP contribution in [0.1, 0.15) is 29.6 Å². The van der Waals surface area contributed by atoms with Crippen molar-refractivity contribution in [3.05, 3.63) is 28.2 Å². The Morgan fingerprint density at radius 1 is 1.53 bits per heavy atom. The average molecular weight is 327 g/mol. The largest absolute Gasteiger partial charge is 0.507 e. The van der Waals surface area contributed by atoms with Gasteiger partial charge in [0, 0.05) is 17.6 Å². The van der Waals surface area contributed by atoms with Gasteiger partial charge in [-0.2, -0.15) is 0 Å². The molecule has 1 amide bonds. The fourth-order valence-electron chi connectivity index (χ4n) is 2.82. The zero-order valence-corrected chi connectivity index (χ0v) is 12.6. The maximum atomic E-state index is 12.5. The summed E-state index contributed by atoms with van der Waals surface area (Å²) in [6.07, 6.45) is 3.16. The topological polar surface area (TPSA) is 66.6 Å².